The third-order valence-corrected chi connectivity index (χ3v) is 5.98. The number of benzene rings is 1. The number of halogens is 1. The first-order valence-corrected chi connectivity index (χ1v) is 10.5. The van der Waals surface area contributed by atoms with Crippen molar-refractivity contribution in [1.29, 1.82) is 0 Å². The van der Waals surface area contributed by atoms with Crippen LogP contribution in [0.1, 0.15) is 31.0 Å². The SMILES string of the molecule is CCNC(=NCC1(c2ccc(Cl)cc2)CC1)N1CCN(Cc2ccon2)CC1. The van der Waals surface area contributed by atoms with Gasteiger partial charge in [-0.05, 0) is 37.5 Å². The lowest BCUT2D eigenvalue weighted by atomic mass is 9.96. The Bertz CT molecular complexity index is 778. The molecular weight excluding hydrogens is 374 g/mol. The molecule has 2 aliphatic rings. The van der Waals surface area contributed by atoms with Gasteiger partial charge in [-0.2, -0.15) is 0 Å². The van der Waals surface area contributed by atoms with Crippen molar-refractivity contribution in [3.8, 4) is 0 Å². The number of rotatable bonds is 6. The zero-order valence-corrected chi connectivity index (χ0v) is 17.2. The number of nitrogens with one attached hydrogen (secondary N) is 1. The average molecular weight is 402 g/mol. The zero-order chi connectivity index (χ0) is 19.4. The molecule has 0 spiro atoms. The van der Waals surface area contributed by atoms with Crippen LogP contribution in [0, 0.1) is 0 Å². The zero-order valence-electron chi connectivity index (χ0n) is 16.4. The molecule has 2 fully saturated rings. The fourth-order valence-electron chi connectivity index (χ4n) is 3.81. The van der Waals surface area contributed by atoms with Crippen LogP contribution in [-0.4, -0.2) is 60.2 Å². The van der Waals surface area contributed by atoms with Gasteiger partial charge in [0.1, 0.15) is 6.26 Å². The normalized spacial score (nSPS) is 19.6. The molecule has 2 heterocycles. The van der Waals surface area contributed by atoms with Gasteiger partial charge in [0.15, 0.2) is 5.96 Å². The van der Waals surface area contributed by atoms with Crippen LogP contribution in [0.15, 0.2) is 46.1 Å². The van der Waals surface area contributed by atoms with E-state index in [4.69, 9.17) is 21.1 Å². The van der Waals surface area contributed by atoms with Crippen LogP contribution in [0.5, 0.6) is 0 Å². The van der Waals surface area contributed by atoms with Crippen molar-refractivity contribution in [3.05, 3.63) is 52.9 Å². The molecule has 1 aliphatic heterocycles. The topological polar surface area (TPSA) is 56.9 Å². The molecule has 4 rings (SSSR count). The highest BCUT2D eigenvalue weighted by Crippen LogP contribution is 2.48. The second-order valence-electron chi connectivity index (χ2n) is 7.71. The Balaban J connectivity index is 1.37. The van der Waals surface area contributed by atoms with Gasteiger partial charge in [-0.3, -0.25) is 9.89 Å². The maximum atomic E-state index is 6.05. The second kappa shape index (κ2) is 8.53. The molecule has 2 aromatic rings. The summed E-state index contributed by atoms with van der Waals surface area (Å²) in [5.41, 5.74) is 2.54. The largest absolute Gasteiger partial charge is 0.364 e. The third-order valence-electron chi connectivity index (χ3n) is 5.73. The quantitative estimate of drug-likeness (QED) is 0.595. The Kier molecular flexibility index (Phi) is 5.87. The third kappa shape index (κ3) is 4.50. The van der Waals surface area contributed by atoms with Gasteiger partial charge in [0, 0.05) is 55.8 Å². The molecule has 0 atom stereocenters. The predicted octanol–water partition coefficient (Wildman–Crippen LogP) is 3.14. The first-order chi connectivity index (χ1) is 13.7. The average Bonchev–Trinajstić information content (AvgIpc) is 3.33. The Morgan fingerprint density at radius 1 is 1.18 bits per heavy atom. The van der Waals surface area contributed by atoms with Crippen LogP contribution < -0.4 is 5.32 Å². The van der Waals surface area contributed by atoms with Crippen molar-refractivity contribution in [1.82, 2.24) is 20.3 Å². The summed E-state index contributed by atoms with van der Waals surface area (Å²) in [5.74, 6) is 1.03. The summed E-state index contributed by atoms with van der Waals surface area (Å²) in [6, 6.07) is 10.2. The first kappa shape index (κ1) is 19.3. The fourth-order valence-corrected chi connectivity index (χ4v) is 3.94. The van der Waals surface area contributed by atoms with E-state index in [2.05, 4.69) is 39.3 Å². The molecule has 1 aromatic carbocycles. The van der Waals surface area contributed by atoms with E-state index >= 15 is 0 Å². The number of hydrogen-bond acceptors (Lipinski definition) is 4. The molecule has 0 unspecified atom stereocenters. The number of piperazine rings is 1. The Hall–Kier alpha value is -2.05. The van der Waals surface area contributed by atoms with Gasteiger partial charge in [-0.15, -0.1) is 0 Å². The van der Waals surface area contributed by atoms with Gasteiger partial charge >= 0.3 is 0 Å². The number of guanidine groups is 1. The van der Waals surface area contributed by atoms with E-state index in [9.17, 15) is 0 Å². The van der Waals surface area contributed by atoms with Crippen molar-refractivity contribution < 1.29 is 4.52 Å². The molecule has 28 heavy (non-hydrogen) atoms. The summed E-state index contributed by atoms with van der Waals surface area (Å²) in [6.07, 6.45) is 4.03. The van der Waals surface area contributed by atoms with Crippen molar-refractivity contribution in [2.75, 3.05) is 39.3 Å². The van der Waals surface area contributed by atoms with Crippen molar-refractivity contribution in [2.45, 2.75) is 31.7 Å². The molecule has 6 nitrogen and oxygen atoms in total. The van der Waals surface area contributed by atoms with E-state index < -0.39 is 0 Å². The van der Waals surface area contributed by atoms with Gasteiger partial charge in [0.25, 0.3) is 0 Å². The van der Waals surface area contributed by atoms with Gasteiger partial charge < -0.3 is 14.7 Å². The fraction of sp³-hybridized carbons (Fsp3) is 0.524. The maximum Gasteiger partial charge on any atom is 0.194 e. The molecule has 1 saturated carbocycles. The van der Waals surface area contributed by atoms with Gasteiger partial charge in [-0.1, -0.05) is 28.9 Å². The Labute approximate surface area is 171 Å². The maximum absolute atomic E-state index is 6.05. The number of aromatic nitrogens is 1. The molecule has 1 saturated heterocycles. The summed E-state index contributed by atoms with van der Waals surface area (Å²) in [4.78, 5) is 9.81. The molecule has 0 radical (unpaired) electrons. The summed E-state index contributed by atoms with van der Waals surface area (Å²) in [6.45, 7) is 8.62. The monoisotopic (exact) mass is 401 g/mol. The summed E-state index contributed by atoms with van der Waals surface area (Å²) in [7, 11) is 0. The smallest absolute Gasteiger partial charge is 0.194 e. The second-order valence-corrected chi connectivity index (χ2v) is 8.15. The number of aliphatic imine (C=N–C) groups is 1. The minimum Gasteiger partial charge on any atom is -0.364 e. The molecule has 1 aromatic heterocycles. The highest BCUT2D eigenvalue weighted by atomic mass is 35.5. The summed E-state index contributed by atoms with van der Waals surface area (Å²) >= 11 is 6.05. The van der Waals surface area contributed by atoms with Crippen LogP contribution >= 0.6 is 11.6 Å². The van der Waals surface area contributed by atoms with Crippen molar-refractivity contribution in [2.24, 2.45) is 4.99 Å². The van der Waals surface area contributed by atoms with Gasteiger partial charge in [0.2, 0.25) is 0 Å². The highest BCUT2D eigenvalue weighted by Gasteiger charge is 2.44. The summed E-state index contributed by atoms with van der Waals surface area (Å²) in [5, 5.41) is 8.29. The lowest BCUT2D eigenvalue weighted by molar-refractivity contribution is 0.169. The van der Waals surface area contributed by atoms with Crippen LogP contribution in [0.3, 0.4) is 0 Å². The van der Waals surface area contributed by atoms with E-state index in [1.165, 1.54) is 18.4 Å². The Morgan fingerprint density at radius 2 is 1.93 bits per heavy atom. The van der Waals surface area contributed by atoms with Crippen LogP contribution in [0.2, 0.25) is 5.02 Å². The van der Waals surface area contributed by atoms with E-state index in [1.54, 1.807) is 6.26 Å². The molecule has 150 valence electrons. The van der Waals surface area contributed by atoms with Crippen molar-refractivity contribution >= 4 is 17.6 Å². The van der Waals surface area contributed by atoms with Gasteiger partial charge in [0.05, 0.1) is 12.2 Å². The standard InChI is InChI=1S/C21H28ClN5O/c1-2-23-20(24-16-21(8-9-21)17-3-5-18(22)6-4-17)27-12-10-26(11-13-27)15-19-7-14-28-25-19/h3-7,14H,2,8-13,15-16H2,1H3,(H,23,24). The predicted molar refractivity (Wildman–Crippen MR) is 112 cm³/mol. The highest BCUT2D eigenvalue weighted by molar-refractivity contribution is 6.30. The Morgan fingerprint density at radius 3 is 2.54 bits per heavy atom. The first-order valence-electron chi connectivity index (χ1n) is 10.1. The molecule has 0 amide bonds. The lowest BCUT2D eigenvalue weighted by Gasteiger charge is -2.36. The minimum atomic E-state index is 0.194. The van der Waals surface area contributed by atoms with Crippen LogP contribution in [0.25, 0.3) is 0 Å². The van der Waals surface area contributed by atoms with Crippen molar-refractivity contribution in [3.63, 3.8) is 0 Å². The van der Waals surface area contributed by atoms with E-state index in [1.807, 2.05) is 18.2 Å². The summed E-state index contributed by atoms with van der Waals surface area (Å²) < 4.78 is 4.94. The molecule has 0 bridgehead atoms. The van der Waals surface area contributed by atoms with Gasteiger partial charge in [-0.25, -0.2) is 0 Å². The van der Waals surface area contributed by atoms with Crippen LogP contribution in [0.4, 0.5) is 0 Å². The number of hydrogen-bond donors (Lipinski definition) is 1. The minimum absolute atomic E-state index is 0.194. The van der Waals surface area contributed by atoms with E-state index in [0.717, 1.165) is 62.5 Å². The van der Waals surface area contributed by atoms with E-state index in [-0.39, 0.29) is 5.41 Å². The molecule has 1 N–H and O–H groups in total. The molecular formula is C21H28ClN5O. The number of nitrogens with zero attached hydrogens (tertiary/aromatic N) is 4. The molecule has 7 heteroatoms. The molecule has 1 aliphatic carbocycles. The lowest BCUT2D eigenvalue weighted by Crippen LogP contribution is -2.52. The van der Waals surface area contributed by atoms with E-state index in [0.29, 0.717) is 0 Å². The van der Waals surface area contributed by atoms with Crippen LogP contribution in [-0.2, 0) is 12.0 Å².